The summed E-state index contributed by atoms with van der Waals surface area (Å²) in [4.78, 5) is 0. The summed E-state index contributed by atoms with van der Waals surface area (Å²) in [6, 6.07) is 0.597. The molecule has 1 aliphatic carbocycles. The monoisotopic (exact) mass is 157 g/mol. The van der Waals surface area contributed by atoms with Crippen molar-refractivity contribution in [2.24, 2.45) is 0 Å². The minimum absolute atomic E-state index is 0.462. The van der Waals surface area contributed by atoms with Crippen LogP contribution >= 0.6 is 0 Å². The van der Waals surface area contributed by atoms with Crippen molar-refractivity contribution >= 4 is 7.62 Å². The third-order valence-corrected chi connectivity index (χ3v) is 2.23. The topological polar surface area (TPSA) is 30.5 Å². The van der Waals surface area contributed by atoms with Gasteiger partial charge in [0.25, 0.3) is 0 Å². The summed E-state index contributed by atoms with van der Waals surface area (Å²) in [7, 11) is 4.14. The second kappa shape index (κ2) is 4.75. The van der Waals surface area contributed by atoms with Crippen LogP contribution in [-0.2, 0) is 9.39 Å². The highest BCUT2D eigenvalue weighted by Crippen LogP contribution is 2.20. The smallest absolute Gasteiger partial charge is 0.360 e. The maximum atomic E-state index is 5.24. The third-order valence-electron chi connectivity index (χ3n) is 2.23. The molecule has 3 nitrogen and oxygen atoms in total. The van der Waals surface area contributed by atoms with Crippen LogP contribution in [0.15, 0.2) is 0 Å². The summed E-state index contributed by atoms with van der Waals surface area (Å²) in [6.45, 7) is 0. The Bertz CT molecular complexity index is 113. The van der Waals surface area contributed by atoms with E-state index in [1.807, 2.05) is 0 Å². The molecule has 1 fully saturated rings. The van der Waals surface area contributed by atoms with Crippen LogP contribution in [0.2, 0.25) is 0 Å². The minimum atomic E-state index is 0.462. The van der Waals surface area contributed by atoms with Crippen molar-refractivity contribution in [3.05, 3.63) is 0 Å². The summed E-state index contributed by atoms with van der Waals surface area (Å²) in [5.74, 6) is 0. The summed E-state index contributed by atoms with van der Waals surface area (Å²) in [5.41, 5.74) is 0. The van der Waals surface area contributed by atoms with Crippen molar-refractivity contribution in [1.29, 1.82) is 0 Å². The predicted molar refractivity (Wildman–Crippen MR) is 45.7 cm³/mol. The van der Waals surface area contributed by atoms with Crippen molar-refractivity contribution in [3.63, 3.8) is 0 Å². The third kappa shape index (κ3) is 2.81. The van der Waals surface area contributed by atoms with E-state index in [0.29, 0.717) is 19.8 Å². The Morgan fingerprint density at radius 2 is 2.18 bits per heavy atom. The van der Waals surface area contributed by atoms with Crippen molar-refractivity contribution in [2.45, 2.75) is 31.4 Å². The molecule has 0 aromatic rings. The van der Waals surface area contributed by atoms with E-state index in [2.05, 4.69) is 5.23 Å². The number of rotatable bonds is 4. The average Bonchev–Trinajstić information content (AvgIpc) is 2.48. The molecule has 0 saturated heterocycles. The van der Waals surface area contributed by atoms with E-state index in [-0.39, 0.29) is 0 Å². The zero-order valence-electron chi connectivity index (χ0n) is 7.30. The molecule has 0 unspecified atom stereocenters. The molecule has 2 atom stereocenters. The van der Waals surface area contributed by atoms with Crippen molar-refractivity contribution in [2.75, 3.05) is 14.2 Å². The van der Waals surface area contributed by atoms with Crippen LogP contribution in [-0.4, -0.2) is 34.0 Å². The molecular weight excluding hydrogens is 141 g/mol. The highest BCUT2D eigenvalue weighted by atomic mass is 16.5. The van der Waals surface area contributed by atoms with Gasteiger partial charge in [-0.15, -0.1) is 0 Å². The molecule has 0 heterocycles. The second-order valence-electron chi connectivity index (χ2n) is 3.00. The van der Waals surface area contributed by atoms with Gasteiger partial charge in [-0.3, -0.25) is 0 Å². The molecule has 1 saturated carbocycles. The number of hydrogen-bond acceptors (Lipinski definition) is 3. The molecular formula is C7H16BNO2. The average molecular weight is 157 g/mol. The van der Waals surface area contributed by atoms with Gasteiger partial charge in [0.1, 0.15) is 0 Å². The van der Waals surface area contributed by atoms with Crippen LogP contribution in [0.3, 0.4) is 0 Å². The second-order valence-corrected chi connectivity index (χ2v) is 3.00. The zero-order valence-corrected chi connectivity index (χ0v) is 7.30. The standard InChI is InChI=1S/C7H16BNO2/c1-10-7-4-3-6(5-7)9-8-11-2/h6-9H,3-5H2,1-2H3/t6-,7+/m0/s1. The fraction of sp³-hybridized carbons (Fsp3) is 1.00. The maximum Gasteiger partial charge on any atom is 0.360 e. The van der Waals surface area contributed by atoms with E-state index in [1.165, 1.54) is 12.8 Å². The lowest BCUT2D eigenvalue weighted by Crippen LogP contribution is -2.31. The van der Waals surface area contributed by atoms with Crippen LogP contribution in [0.1, 0.15) is 19.3 Å². The quantitative estimate of drug-likeness (QED) is 0.585. The first-order valence-corrected chi connectivity index (χ1v) is 4.12. The molecule has 0 aromatic heterocycles. The molecule has 1 aliphatic rings. The predicted octanol–water partition coefficient (Wildman–Crippen LogP) is 0.0564. The van der Waals surface area contributed by atoms with Crippen LogP contribution in [0, 0.1) is 0 Å². The maximum absolute atomic E-state index is 5.24. The lowest BCUT2D eigenvalue weighted by atomic mass is 10.1. The molecule has 0 bridgehead atoms. The van der Waals surface area contributed by atoms with E-state index >= 15 is 0 Å². The van der Waals surface area contributed by atoms with Gasteiger partial charge in [0, 0.05) is 20.3 Å². The lowest BCUT2D eigenvalue weighted by Gasteiger charge is -2.10. The summed E-state index contributed by atoms with van der Waals surface area (Å²) in [5, 5.41) is 3.29. The SMILES string of the molecule is COBN[C@H]1CC[C@@H](OC)C1. The number of ether oxygens (including phenoxy) is 1. The van der Waals surface area contributed by atoms with E-state index in [9.17, 15) is 0 Å². The van der Waals surface area contributed by atoms with E-state index in [1.54, 1.807) is 14.2 Å². The van der Waals surface area contributed by atoms with Gasteiger partial charge in [-0.1, -0.05) is 0 Å². The Morgan fingerprint density at radius 3 is 2.73 bits per heavy atom. The molecule has 4 heteroatoms. The van der Waals surface area contributed by atoms with Crippen LogP contribution < -0.4 is 5.23 Å². The molecule has 1 rings (SSSR count). The highest BCUT2D eigenvalue weighted by molar-refractivity contribution is 6.23. The molecule has 11 heavy (non-hydrogen) atoms. The minimum Gasteiger partial charge on any atom is -0.427 e. The Balaban J connectivity index is 2.09. The first-order chi connectivity index (χ1) is 5.36. The molecule has 0 spiro atoms. The van der Waals surface area contributed by atoms with E-state index in [0.717, 1.165) is 6.42 Å². The van der Waals surface area contributed by atoms with Crippen molar-refractivity contribution < 1.29 is 9.39 Å². The summed E-state index contributed by atoms with van der Waals surface area (Å²) in [6.07, 6.45) is 3.98. The van der Waals surface area contributed by atoms with Gasteiger partial charge >= 0.3 is 7.62 Å². The Hall–Kier alpha value is -0.0551. The summed E-state index contributed by atoms with van der Waals surface area (Å²) >= 11 is 0. The van der Waals surface area contributed by atoms with E-state index in [4.69, 9.17) is 9.39 Å². The van der Waals surface area contributed by atoms with Gasteiger partial charge in [0.15, 0.2) is 0 Å². The molecule has 1 N–H and O–H groups in total. The number of hydrogen-bond donors (Lipinski definition) is 1. The van der Waals surface area contributed by atoms with Crippen LogP contribution in [0.4, 0.5) is 0 Å². The first kappa shape index (κ1) is 9.04. The fourth-order valence-electron chi connectivity index (χ4n) is 1.54. The molecule has 0 aromatic carbocycles. The molecule has 0 radical (unpaired) electrons. The van der Waals surface area contributed by atoms with Crippen LogP contribution in [0.5, 0.6) is 0 Å². The molecule has 0 aliphatic heterocycles. The lowest BCUT2D eigenvalue weighted by molar-refractivity contribution is 0.107. The summed E-state index contributed by atoms with van der Waals surface area (Å²) < 4.78 is 10.2. The number of methoxy groups -OCH3 is 1. The van der Waals surface area contributed by atoms with Gasteiger partial charge in [-0.25, -0.2) is 0 Å². The van der Waals surface area contributed by atoms with Crippen molar-refractivity contribution in [3.8, 4) is 0 Å². The molecule has 0 amide bonds. The van der Waals surface area contributed by atoms with Gasteiger partial charge in [-0.05, 0) is 19.3 Å². The Labute approximate surface area is 68.7 Å². The fourth-order valence-corrected chi connectivity index (χ4v) is 1.54. The number of nitrogens with one attached hydrogen (secondary N) is 1. The highest BCUT2D eigenvalue weighted by Gasteiger charge is 2.23. The van der Waals surface area contributed by atoms with Gasteiger partial charge in [0.2, 0.25) is 0 Å². The normalized spacial score (nSPS) is 30.7. The Kier molecular flexibility index (Phi) is 3.90. The van der Waals surface area contributed by atoms with Gasteiger partial charge < -0.3 is 14.6 Å². The van der Waals surface area contributed by atoms with E-state index < -0.39 is 0 Å². The zero-order chi connectivity index (χ0) is 8.10. The van der Waals surface area contributed by atoms with Gasteiger partial charge in [0.05, 0.1) is 6.10 Å². The van der Waals surface area contributed by atoms with Crippen molar-refractivity contribution in [1.82, 2.24) is 5.23 Å². The van der Waals surface area contributed by atoms with Gasteiger partial charge in [-0.2, -0.15) is 0 Å². The largest absolute Gasteiger partial charge is 0.427 e. The first-order valence-electron chi connectivity index (χ1n) is 4.12. The molecule has 64 valence electrons. The Morgan fingerprint density at radius 1 is 1.36 bits per heavy atom. The van der Waals surface area contributed by atoms with Crippen LogP contribution in [0.25, 0.3) is 0 Å².